The standard InChI is InChI=1S/C27H27F3N4O6S/c1-17-22(25(36)32-33-10-12-40-13-11-33)15-23(24(35)31-16-18-6-8-21(9-7-18)41(2,38)39)26(37)34(17)20-5-3-4-19(14-20)27(28,29)30/h3-9,14-15H,10-13,16H2,1-2H3,(H,31,35)(H,32,36). The molecule has 2 heterocycles. The van der Waals surface area contributed by atoms with Crippen molar-refractivity contribution in [2.45, 2.75) is 24.5 Å². The van der Waals surface area contributed by atoms with Crippen molar-refractivity contribution in [3.63, 3.8) is 0 Å². The van der Waals surface area contributed by atoms with Crippen LogP contribution in [0.2, 0.25) is 0 Å². The van der Waals surface area contributed by atoms with Crippen LogP contribution in [-0.2, 0) is 27.3 Å². The van der Waals surface area contributed by atoms with E-state index >= 15 is 0 Å². The van der Waals surface area contributed by atoms with Gasteiger partial charge in [0.2, 0.25) is 0 Å². The summed E-state index contributed by atoms with van der Waals surface area (Å²) < 4.78 is 69.9. The maximum absolute atomic E-state index is 13.5. The molecule has 4 rings (SSSR count). The summed E-state index contributed by atoms with van der Waals surface area (Å²) in [6, 6.07) is 10.9. The Morgan fingerprint density at radius 3 is 2.24 bits per heavy atom. The summed E-state index contributed by atoms with van der Waals surface area (Å²) in [5.74, 6) is -1.53. The Morgan fingerprint density at radius 2 is 1.63 bits per heavy atom. The summed E-state index contributed by atoms with van der Waals surface area (Å²) in [5.41, 5.74) is 0.601. The van der Waals surface area contributed by atoms with Gasteiger partial charge < -0.3 is 10.1 Å². The lowest BCUT2D eigenvalue weighted by Gasteiger charge is -2.27. The number of hydrazine groups is 1. The van der Waals surface area contributed by atoms with Gasteiger partial charge in [0.25, 0.3) is 17.4 Å². The molecular formula is C27H27F3N4O6S. The predicted molar refractivity (Wildman–Crippen MR) is 142 cm³/mol. The maximum atomic E-state index is 13.5. The third-order valence-corrected chi connectivity index (χ3v) is 7.57. The molecule has 0 aliphatic carbocycles. The van der Waals surface area contributed by atoms with Crippen molar-refractivity contribution in [2.24, 2.45) is 0 Å². The highest BCUT2D eigenvalue weighted by Crippen LogP contribution is 2.30. The van der Waals surface area contributed by atoms with Gasteiger partial charge in [0, 0.05) is 37.3 Å². The van der Waals surface area contributed by atoms with E-state index in [1.54, 1.807) is 5.01 Å². The summed E-state index contributed by atoms with van der Waals surface area (Å²) in [4.78, 5) is 40.1. The molecule has 1 aromatic heterocycles. The van der Waals surface area contributed by atoms with Crippen molar-refractivity contribution < 1.29 is 35.9 Å². The number of nitrogens with one attached hydrogen (secondary N) is 2. The van der Waals surface area contributed by atoms with E-state index in [-0.39, 0.29) is 28.4 Å². The molecule has 1 aliphatic heterocycles. The molecule has 41 heavy (non-hydrogen) atoms. The van der Waals surface area contributed by atoms with E-state index < -0.39 is 44.5 Å². The van der Waals surface area contributed by atoms with Crippen LogP contribution in [-0.4, -0.2) is 62.4 Å². The molecule has 2 N–H and O–H groups in total. The summed E-state index contributed by atoms with van der Waals surface area (Å²) in [6.45, 7) is 2.85. The lowest BCUT2D eigenvalue weighted by Crippen LogP contribution is -2.49. The van der Waals surface area contributed by atoms with Crippen molar-refractivity contribution in [1.29, 1.82) is 0 Å². The molecule has 0 atom stereocenters. The van der Waals surface area contributed by atoms with E-state index in [0.29, 0.717) is 31.9 Å². The smallest absolute Gasteiger partial charge is 0.379 e. The van der Waals surface area contributed by atoms with Crippen LogP contribution in [0, 0.1) is 6.92 Å². The molecule has 1 saturated heterocycles. The van der Waals surface area contributed by atoms with Gasteiger partial charge in [-0.1, -0.05) is 18.2 Å². The molecule has 3 aromatic rings. The Bertz CT molecular complexity index is 1630. The number of hydrogen-bond donors (Lipinski definition) is 2. The lowest BCUT2D eigenvalue weighted by atomic mass is 10.1. The third kappa shape index (κ3) is 7.01. The SMILES string of the molecule is Cc1c(C(=O)NN2CCOCC2)cc(C(=O)NCc2ccc(S(C)(=O)=O)cc2)c(=O)n1-c1cccc(C(F)(F)F)c1. The number of halogens is 3. The summed E-state index contributed by atoms with van der Waals surface area (Å²) in [6.07, 6.45) is -3.63. The Kier molecular flexibility index (Phi) is 8.66. The van der Waals surface area contributed by atoms with Crippen LogP contribution in [0.4, 0.5) is 13.2 Å². The van der Waals surface area contributed by atoms with Crippen molar-refractivity contribution in [3.05, 3.63) is 92.9 Å². The van der Waals surface area contributed by atoms with Gasteiger partial charge in [0.15, 0.2) is 9.84 Å². The van der Waals surface area contributed by atoms with Gasteiger partial charge in [-0.05, 0) is 48.9 Å². The zero-order valence-corrected chi connectivity index (χ0v) is 22.9. The van der Waals surface area contributed by atoms with Crippen LogP contribution in [0.1, 0.15) is 37.5 Å². The number of carbonyl (C=O) groups is 2. The highest BCUT2D eigenvalue weighted by atomic mass is 32.2. The van der Waals surface area contributed by atoms with Crippen molar-refractivity contribution >= 4 is 21.7 Å². The quantitative estimate of drug-likeness (QED) is 0.432. The largest absolute Gasteiger partial charge is 0.416 e. The average molecular weight is 593 g/mol. The van der Waals surface area contributed by atoms with E-state index in [1.807, 2.05) is 0 Å². The fraction of sp³-hybridized carbons (Fsp3) is 0.296. The van der Waals surface area contributed by atoms with Gasteiger partial charge >= 0.3 is 6.18 Å². The van der Waals surface area contributed by atoms with Gasteiger partial charge in [-0.25, -0.2) is 13.4 Å². The van der Waals surface area contributed by atoms with E-state index in [1.165, 1.54) is 37.3 Å². The molecule has 2 aromatic carbocycles. The number of aromatic nitrogens is 1. The summed E-state index contributed by atoms with van der Waals surface area (Å²) in [5, 5.41) is 4.16. The molecular weight excluding hydrogens is 565 g/mol. The fourth-order valence-electron chi connectivity index (χ4n) is 4.24. The molecule has 10 nitrogen and oxygen atoms in total. The predicted octanol–water partition coefficient (Wildman–Crippen LogP) is 2.48. The molecule has 0 unspecified atom stereocenters. The van der Waals surface area contributed by atoms with Crippen LogP contribution in [0.3, 0.4) is 0 Å². The van der Waals surface area contributed by atoms with Crippen LogP contribution in [0.5, 0.6) is 0 Å². The first-order valence-electron chi connectivity index (χ1n) is 12.4. The molecule has 2 amide bonds. The van der Waals surface area contributed by atoms with Crippen LogP contribution >= 0.6 is 0 Å². The van der Waals surface area contributed by atoms with Crippen molar-refractivity contribution in [2.75, 3.05) is 32.6 Å². The molecule has 1 aliphatic rings. The van der Waals surface area contributed by atoms with Crippen LogP contribution in [0.25, 0.3) is 5.69 Å². The van der Waals surface area contributed by atoms with Crippen molar-refractivity contribution in [3.8, 4) is 5.69 Å². The number of morpholine rings is 1. The number of amides is 2. The Balaban J connectivity index is 1.72. The number of pyridine rings is 1. The van der Waals surface area contributed by atoms with E-state index in [9.17, 15) is 36.0 Å². The minimum absolute atomic E-state index is 0.0352. The molecule has 0 radical (unpaired) electrons. The molecule has 14 heteroatoms. The number of hydrogen-bond acceptors (Lipinski definition) is 7. The second kappa shape index (κ2) is 11.8. The molecule has 1 fully saturated rings. The minimum Gasteiger partial charge on any atom is -0.379 e. The van der Waals surface area contributed by atoms with Crippen LogP contribution in [0.15, 0.2) is 64.3 Å². The normalized spacial score (nSPS) is 14.5. The topological polar surface area (TPSA) is 127 Å². The van der Waals surface area contributed by atoms with Gasteiger partial charge in [-0.2, -0.15) is 13.2 Å². The molecule has 0 bridgehead atoms. The van der Waals surface area contributed by atoms with Gasteiger partial charge in [-0.3, -0.25) is 24.4 Å². The minimum atomic E-state index is -4.69. The second-order valence-corrected chi connectivity index (χ2v) is 11.4. The highest BCUT2D eigenvalue weighted by molar-refractivity contribution is 7.90. The number of benzene rings is 2. The van der Waals surface area contributed by atoms with Gasteiger partial charge in [0.1, 0.15) is 5.56 Å². The van der Waals surface area contributed by atoms with Gasteiger partial charge in [-0.15, -0.1) is 0 Å². The fourth-order valence-corrected chi connectivity index (χ4v) is 4.87. The molecule has 218 valence electrons. The van der Waals surface area contributed by atoms with Crippen LogP contribution < -0.4 is 16.3 Å². The summed E-state index contributed by atoms with van der Waals surface area (Å²) >= 11 is 0. The van der Waals surface area contributed by atoms with Crippen molar-refractivity contribution in [1.82, 2.24) is 20.3 Å². The zero-order valence-electron chi connectivity index (χ0n) is 22.1. The van der Waals surface area contributed by atoms with E-state index in [2.05, 4.69) is 10.7 Å². The first-order chi connectivity index (χ1) is 19.3. The Hall–Kier alpha value is -4.01. The summed E-state index contributed by atoms with van der Waals surface area (Å²) in [7, 11) is -3.42. The number of nitrogens with zero attached hydrogens (tertiary/aromatic N) is 2. The van der Waals surface area contributed by atoms with E-state index in [4.69, 9.17) is 4.74 Å². The number of carbonyl (C=O) groups excluding carboxylic acids is 2. The highest BCUT2D eigenvalue weighted by Gasteiger charge is 2.31. The Morgan fingerprint density at radius 1 is 0.976 bits per heavy atom. The second-order valence-electron chi connectivity index (χ2n) is 9.38. The number of rotatable bonds is 7. The number of sulfone groups is 1. The van der Waals surface area contributed by atoms with Gasteiger partial charge in [0.05, 0.1) is 29.2 Å². The zero-order chi connectivity index (χ0) is 29.9. The lowest BCUT2D eigenvalue weighted by molar-refractivity contribution is -0.137. The average Bonchev–Trinajstić information content (AvgIpc) is 2.92. The Labute approximate surface area is 233 Å². The first kappa shape index (κ1) is 30.0. The monoisotopic (exact) mass is 592 g/mol. The number of ether oxygens (including phenoxy) is 1. The number of alkyl halides is 3. The third-order valence-electron chi connectivity index (χ3n) is 6.44. The molecule has 0 spiro atoms. The molecule has 0 saturated carbocycles. The maximum Gasteiger partial charge on any atom is 0.416 e. The van der Waals surface area contributed by atoms with E-state index in [0.717, 1.165) is 35.1 Å². The first-order valence-corrected chi connectivity index (χ1v) is 14.3.